The lowest BCUT2D eigenvalue weighted by molar-refractivity contribution is -0.137. The summed E-state index contributed by atoms with van der Waals surface area (Å²) in [6.45, 7) is 1.63. The van der Waals surface area contributed by atoms with E-state index in [9.17, 15) is 13.2 Å². The third-order valence-electron chi connectivity index (χ3n) is 1.96. The van der Waals surface area contributed by atoms with Gasteiger partial charge in [0.05, 0.1) is 16.3 Å². The third-order valence-corrected chi connectivity index (χ3v) is 2.25. The molecule has 0 saturated heterocycles. The molecule has 0 aromatic carbocycles. The Morgan fingerprint density at radius 3 is 2.67 bits per heavy atom. The van der Waals surface area contributed by atoms with E-state index in [0.717, 1.165) is 16.8 Å². The van der Waals surface area contributed by atoms with Crippen LogP contribution in [0.25, 0.3) is 5.52 Å². The third kappa shape index (κ3) is 1.65. The number of alkyl halides is 3. The van der Waals surface area contributed by atoms with Crippen molar-refractivity contribution in [3.05, 3.63) is 28.5 Å². The zero-order valence-electron chi connectivity index (χ0n) is 7.51. The van der Waals surface area contributed by atoms with Gasteiger partial charge >= 0.3 is 6.18 Å². The van der Waals surface area contributed by atoms with Gasteiger partial charge in [0.1, 0.15) is 5.52 Å². The summed E-state index contributed by atoms with van der Waals surface area (Å²) in [5.74, 6) is 0. The van der Waals surface area contributed by atoms with Crippen LogP contribution in [0.3, 0.4) is 0 Å². The van der Waals surface area contributed by atoms with Gasteiger partial charge in [-0.3, -0.25) is 0 Å². The molecule has 2 heterocycles. The zero-order chi connectivity index (χ0) is 11.2. The molecule has 0 aliphatic heterocycles. The highest BCUT2D eigenvalue weighted by Crippen LogP contribution is 2.32. The molecule has 0 spiro atoms. The minimum Gasteiger partial charge on any atom is -0.218 e. The van der Waals surface area contributed by atoms with E-state index in [4.69, 9.17) is 11.6 Å². The highest BCUT2D eigenvalue weighted by Gasteiger charge is 2.32. The Bertz CT molecular complexity index is 518. The van der Waals surface area contributed by atoms with Crippen molar-refractivity contribution in [1.82, 2.24) is 14.8 Å². The average molecular weight is 236 g/mol. The fourth-order valence-electron chi connectivity index (χ4n) is 1.27. The second kappa shape index (κ2) is 3.10. The van der Waals surface area contributed by atoms with E-state index >= 15 is 0 Å². The van der Waals surface area contributed by atoms with E-state index < -0.39 is 11.7 Å². The van der Waals surface area contributed by atoms with Crippen molar-refractivity contribution in [3.8, 4) is 0 Å². The Labute approximate surface area is 87.5 Å². The van der Waals surface area contributed by atoms with Crippen molar-refractivity contribution in [1.29, 1.82) is 0 Å². The Morgan fingerprint density at radius 1 is 1.40 bits per heavy atom. The molecule has 80 valence electrons. The van der Waals surface area contributed by atoms with Crippen molar-refractivity contribution in [2.24, 2.45) is 0 Å². The lowest BCUT2D eigenvalue weighted by Gasteiger charge is -2.07. The molecule has 0 unspecified atom stereocenters. The van der Waals surface area contributed by atoms with Gasteiger partial charge in [0.2, 0.25) is 0 Å². The summed E-state index contributed by atoms with van der Waals surface area (Å²) in [4.78, 5) is 0. The highest BCUT2D eigenvalue weighted by molar-refractivity contribution is 6.34. The highest BCUT2D eigenvalue weighted by atomic mass is 35.5. The second-order valence-electron chi connectivity index (χ2n) is 3.04. The van der Waals surface area contributed by atoms with E-state index in [0.29, 0.717) is 11.2 Å². The van der Waals surface area contributed by atoms with Gasteiger partial charge in [-0.25, -0.2) is 4.52 Å². The first-order valence-corrected chi connectivity index (χ1v) is 4.36. The Balaban J connectivity index is 2.74. The predicted molar refractivity (Wildman–Crippen MR) is 47.7 cm³/mol. The predicted octanol–water partition coefficient (Wildman–Crippen LogP) is 2.71. The quantitative estimate of drug-likeness (QED) is 0.703. The van der Waals surface area contributed by atoms with Crippen LogP contribution in [0.2, 0.25) is 5.02 Å². The van der Waals surface area contributed by atoms with Crippen molar-refractivity contribution >= 4 is 17.1 Å². The Morgan fingerprint density at radius 2 is 2.07 bits per heavy atom. The summed E-state index contributed by atoms with van der Waals surface area (Å²) in [6.07, 6.45) is -3.57. The Hall–Kier alpha value is -1.30. The fourth-order valence-corrected chi connectivity index (χ4v) is 1.62. The van der Waals surface area contributed by atoms with E-state index in [1.54, 1.807) is 6.92 Å². The van der Waals surface area contributed by atoms with Crippen LogP contribution in [0.5, 0.6) is 0 Å². The molecule has 0 atom stereocenters. The van der Waals surface area contributed by atoms with E-state index in [1.165, 1.54) is 0 Å². The van der Waals surface area contributed by atoms with E-state index in [2.05, 4.69) is 10.3 Å². The summed E-state index contributed by atoms with van der Waals surface area (Å²) in [6, 6.07) is 0.868. The number of halogens is 4. The number of aryl methyl sites for hydroxylation is 1. The monoisotopic (exact) mass is 235 g/mol. The molecule has 0 aliphatic rings. The van der Waals surface area contributed by atoms with Gasteiger partial charge in [-0.15, -0.1) is 5.10 Å². The molecule has 0 fully saturated rings. The summed E-state index contributed by atoms with van der Waals surface area (Å²) in [7, 11) is 0. The maximum absolute atomic E-state index is 12.4. The van der Waals surface area contributed by atoms with Crippen LogP contribution in [0, 0.1) is 6.92 Å². The summed E-state index contributed by atoms with van der Waals surface area (Å²) in [5.41, 5.74) is 0.0447. The van der Waals surface area contributed by atoms with E-state index in [1.807, 2.05) is 0 Å². The van der Waals surface area contributed by atoms with Crippen LogP contribution < -0.4 is 0 Å². The van der Waals surface area contributed by atoms with Gasteiger partial charge < -0.3 is 0 Å². The van der Waals surface area contributed by atoms with Crippen LogP contribution in [-0.4, -0.2) is 14.8 Å². The second-order valence-corrected chi connectivity index (χ2v) is 3.45. The molecular weight excluding hydrogens is 231 g/mol. The smallest absolute Gasteiger partial charge is 0.218 e. The summed E-state index contributed by atoms with van der Waals surface area (Å²) >= 11 is 5.71. The number of hydrogen-bond acceptors (Lipinski definition) is 2. The fraction of sp³-hybridized carbons (Fsp3) is 0.250. The molecule has 7 heteroatoms. The topological polar surface area (TPSA) is 30.2 Å². The van der Waals surface area contributed by atoms with Crippen LogP contribution in [-0.2, 0) is 6.18 Å². The first-order valence-electron chi connectivity index (χ1n) is 3.98. The molecule has 0 saturated carbocycles. The van der Waals surface area contributed by atoms with Gasteiger partial charge in [0.15, 0.2) is 0 Å². The first-order chi connectivity index (χ1) is 6.89. The van der Waals surface area contributed by atoms with Crippen LogP contribution in [0.4, 0.5) is 13.2 Å². The molecule has 0 radical (unpaired) electrons. The molecule has 2 rings (SSSR count). The van der Waals surface area contributed by atoms with Crippen LogP contribution in [0.1, 0.15) is 11.3 Å². The SMILES string of the molecule is Cc1nnn2cc(C(F)(F)F)cc(Cl)c12. The minimum absolute atomic E-state index is 0.00711. The average Bonchev–Trinajstić information content (AvgIpc) is 2.46. The van der Waals surface area contributed by atoms with Gasteiger partial charge in [-0.2, -0.15) is 13.2 Å². The van der Waals surface area contributed by atoms with Crippen LogP contribution >= 0.6 is 11.6 Å². The van der Waals surface area contributed by atoms with Crippen molar-refractivity contribution in [2.75, 3.05) is 0 Å². The molecule has 15 heavy (non-hydrogen) atoms. The molecule has 0 N–H and O–H groups in total. The number of fused-ring (bicyclic) bond motifs is 1. The van der Waals surface area contributed by atoms with Gasteiger partial charge in [-0.1, -0.05) is 16.8 Å². The molecule has 3 nitrogen and oxygen atoms in total. The number of pyridine rings is 1. The normalized spacial score (nSPS) is 12.3. The Kier molecular flexibility index (Phi) is 2.11. The molecule has 0 aliphatic carbocycles. The maximum atomic E-state index is 12.4. The summed E-state index contributed by atoms with van der Waals surface area (Å²) in [5, 5.41) is 7.17. The maximum Gasteiger partial charge on any atom is 0.417 e. The molecule has 2 aromatic heterocycles. The summed E-state index contributed by atoms with van der Waals surface area (Å²) < 4.78 is 38.2. The number of rotatable bonds is 0. The number of nitrogens with zero attached hydrogens (tertiary/aromatic N) is 3. The zero-order valence-corrected chi connectivity index (χ0v) is 8.26. The largest absolute Gasteiger partial charge is 0.417 e. The molecular formula is C8H5ClF3N3. The van der Waals surface area contributed by atoms with Gasteiger partial charge in [-0.05, 0) is 13.0 Å². The standard InChI is InChI=1S/C8H5ClF3N3/c1-4-7-6(9)2-5(8(10,11)12)3-15(7)14-13-4/h2-3H,1H3. The molecule has 0 amide bonds. The van der Waals surface area contributed by atoms with Gasteiger partial charge in [0, 0.05) is 6.20 Å². The van der Waals surface area contributed by atoms with Crippen molar-refractivity contribution in [3.63, 3.8) is 0 Å². The lowest BCUT2D eigenvalue weighted by atomic mass is 10.2. The molecule has 0 bridgehead atoms. The van der Waals surface area contributed by atoms with Gasteiger partial charge in [0.25, 0.3) is 0 Å². The van der Waals surface area contributed by atoms with E-state index in [-0.39, 0.29) is 5.02 Å². The minimum atomic E-state index is -4.43. The molecule has 2 aromatic rings. The number of hydrogen-bond donors (Lipinski definition) is 0. The van der Waals surface area contributed by atoms with Crippen LogP contribution in [0.15, 0.2) is 12.3 Å². The number of aromatic nitrogens is 3. The lowest BCUT2D eigenvalue weighted by Crippen LogP contribution is -2.07. The van der Waals surface area contributed by atoms with Crippen molar-refractivity contribution in [2.45, 2.75) is 13.1 Å². The first kappa shape index (κ1) is 10.2. The van der Waals surface area contributed by atoms with Crippen molar-refractivity contribution < 1.29 is 13.2 Å².